The van der Waals surface area contributed by atoms with Crippen LogP contribution in [0.25, 0.3) is 0 Å². The number of hydrogen-bond donors (Lipinski definition) is 2. The minimum atomic E-state index is -0.534. The molecule has 2 N–H and O–H groups in total. The first-order chi connectivity index (χ1) is 14.5. The number of halogens is 1. The van der Waals surface area contributed by atoms with E-state index in [9.17, 15) is 14.7 Å². The van der Waals surface area contributed by atoms with Gasteiger partial charge in [0.25, 0.3) is 0 Å². The number of benzene rings is 2. The number of alkyl carbamates (subject to hydrolysis) is 1. The number of amides is 1. The Morgan fingerprint density at radius 2 is 1.68 bits per heavy atom. The van der Waals surface area contributed by atoms with E-state index in [1.54, 1.807) is 12.1 Å². The molecule has 31 heavy (non-hydrogen) atoms. The predicted octanol–water partition coefficient (Wildman–Crippen LogP) is 5.99. The molecule has 0 spiro atoms. The van der Waals surface area contributed by atoms with Crippen LogP contribution in [-0.2, 0) is 17.9 Å². The van der Waals surface area contributed by atoms with Gasteiger partial charge in [-0.15, -0.1) is 0 Å². The maximum absolute atomic E-state index is 12.3. The average molecular weight is 492 g/mol. The third-order valence-corrected chi connectivity index (χ3v) is 4.99. The number of Topliss-reactive ketones (excluding diaryl/α,β-unsaturated/α-hetero) is 1. The van der Waals surface area contributed by atoms with Crippen molar-refractivity contribution >= 4 is 27.8 Å². The second-order valence-corrected chi connectivity index (χ2v) is 9.55. The van der Waals surface area contributed by atoms with E-state index in [1.165, 1.54) is 0 Å². The molecular weight excluding hydrogens is 462 g/mol. The molecule has 0 saturated carbocycles. The summed E-state index contributed by atoms with van der Waals surface area (Å²) in [5.41, 5.74) is 1.61. The van der Waals surface area contributed by atoms with Gasteiger partial charge in [0.05, 0.1) is 5.56 Å². The van der Waals surface area contributed by atoms with E-state index >= 15 is 0 Å². The Balaban J connectivity index is 1.94. The first kappa shape index (κ1) is 24.7. The lowest BCUT2D eigenvalue weighted by molar-refractivity contribution is 0.0523. The Hall–Kier alpha value is -2.54. The van der Waals surface area contributed by atoms with Crippen molar-refractivity contribution in [2.75, 3.05) is 0 Å². The number of carbonyl (C=O) groups is 2. The number of phenolic OH excluding ortho intramolecular Hbond substituents is 1. The molecule has 6 nitrogen and oxygen atoms in total. The van der Waals surface area contributed by atoms with E-state index in [-0.39, 0.29) is 29.6 Å². The lowest BCUT2D eigenvalue weighted by atomic mass is 10.0. The first-order valence-corrected chi connectivity index (χ1v) is 11.0. The highest BCUT2D eigenvalue weighted by molar-refractivity contribution is 9.10. The molecule has 0 aliphatic rings. The summed E-state index contributed by atoms with van der Waals surface area (Å²) in [4.78, 5) is 24.0. The summed E-state index contributed by atoms with van der Waals surface area (Å²) in [6, 6.07) is 10.9. The van der Waals surface area contributed by atoms with Crippen molar-refractivity contribution in [3.05, 3.63) is 57.6 Å². The number of ether oxygens (including phenoxy) is 2. The number of aromatic hydroxyl groups is 1. The fourth-order valence-electron chi connectivity index (χ4n) is 2.77. The molecule has 7 heteroatoms. The van der Waals surface area contributed by atoms with Gasteiger partial charge in [-0.05, 0) is 65.9 Å². The van der Waals surface area contributed by atoms with Crippen molar-refractivity contribution in [1.82, 2.24) is 5.32 Å². The molecule has 0 heterocycles. The van der Waals surface area contributed by atoms with Crippen molar-refractivity contribution in [2.24, 2.45) is 5.92 Å². The highest BCUT2D eigenvalue weighted by atomic mass is 79.9. The fourth-order valence-corrected chi connectivity index (χ4v) is 3.23. The molecule has 168 valence electrons. The molecular formula is C24H30BrNO5. The summed E-state index contributed by atoms with van der Waals surface area (Å²) in [5, 5.41) is 13.1. The van der Waals surface area contributed by atoms with Crippen LogP contribution in [0.1, 0.15) is 62.5 Å². The molecule has 0 aliphatic carbocycles. The van der Waals surface area contributed by atoms with E-state index in [1.807, 2.05) is 58.9 Å². The van der Waals surface area contributed by atoms with Gasteiger partial charge in [-0.3, -0.25) is 4.79 Å². The van der Waals surface area contributed by atoms with Crippen LogP contribution >= 0.6 is 15.9 Å². The molecule has 2 aromatic rings. The molecule has 0 aromatic heterocycles. The SMILES string of the molecule is CC(C)CC(=O)c1ccc(OCc2ccc(CNC(=O)OC(C)(C)C)cc2)c(Br)c1O. The lowest BCUT2D eigenvalue weighted by Crippen LogP contribution is -2.32. The molecule has 0 aliphatic heterocycles. The summed E-state index contributed by atoms with van der Waals surface area (Å²) < 4.78 is 11.4. The molecule has 0 radical (unpaired) electrons. The third-order valence-electron chi connectivity index (χ3n) is 4.23. The maximum atomic E-state index is 12.3. The van der Waals surface area contributed by atoms with Gasteiger partial charge >= 0.3 is 6.09 Å². The third kappa shape index (κ3) is 7.90. The van der Waals surface area contributed by atoms with Crippen molar-refractivity contribution in [3.8, 4) is 11.5 Å². The number of ketones is 1. The van der Waals surface area contributed by atoms with Crippen molar-refractivity contribution < 1.29 is 24.2 Å². The summed E-state index contributed by atoms with van der Waals surface area (Å²) >= 11 is 3.33. The zero-order valence-electron chi connectivity index (χ0n) is 18.6. The number of rotatable bonds is 8. The van der Waals surface area contributed by atoms with Gasteiger partial charge in [0.1, 0.15) is 28.2 Å². The average Bonchev–Trinajstić information content (AvgIpc) is 2.66. The number of hydrogen-bond acceptors (Lipinski definition) is 5. The summed E-state index contributed by atoms with van der Waals surface area (Å²) in [6.07, 6.45) is -0.0881. The maximum Gasteiger partial charge on any atom is 0.407 e. The van der Waals surface area contributed by atoms with Crippen LogP contribution in [-0.4, -0.2) is 22.6 Å². The Kier molecular flexibility index (Phi) is 8.51. The van der Waals surface area contributed by atoms with Crippen LogP contribution in [0, 0.1) is 5.92 Å². The molecule has 0 saturated heterocycles. The van der Waals surface area contributed by atoms with Gasteiger partial charge in [-0.1, -0.05) is 38.1 Å². The topological polar surface area (TPSA) is 84.9 Å². The normalized spacial score (nSPS) is 11.3. The van der Waals surface area contributed by atoms with Crippen LogP contribution in [0.15, 0.2) is 40.9 Å². The van der Waals surface area contributed by atoms with Gasteiger partial charge in [-0.2, -0.15) is 0 Å². The molecule has 0 unspecified atom stereocenters. The monoisotopic (exact) mass is 491 g/mol. The first-order valence-electron chi connectivity index (χ1n) is 10.2. The smallest absolute Gasteiger partial charge is 0.407 e. The summed E-state index contributed by atoms with van der Waals surface area (Å²) in [5.74, 6) is 0.459. The zero-order chi connectivity index (χ0) is 23.2. The quantitative estimate of drug-likeness (QED) is 0.443. The summed E-state index contributed by atoms with van der Waals surface area (Å²) in [6.45, 7) is 10.0. The minimum Gasteiger partial charge on any atom is -0.506 e. The second-order valence-electron chi connectivity index (χ2n) is 8.76. The van der Waals surface area contributed by atoms with Crippen molar-refractivity contribution in [2.45, 2.75) is 59.8 Å². The zero-order valence-corrected chi connectivity index (χ0v) is 20.2. The van der Waals surface area contributed by atoms with Crippen molar-refractivity contribution in [1.29, 1.82) is 0 Å². The summed E-state index contributed by atoms with van der Waals surface area (Å²) in [7, 11) is 0. The Labute approximate surface area is 192 Å². The van der Waals surface area contributed by atoms with E-state index < -0.39 is 11.7 Å². The highest BCUT2D eigenvalue weighted by Crippen LogP contribution is 2.37. The van der Waals surface area contributed by atoms with Gasteiger partial charge in [0.2, 0.25) is 0 Å². The highest BCUT2D eigenvalue weighted by Gasteiger charge is 2.18. The van der Waals surface area contributed by atoms with E-state index in [0.29, 0.717) is 23.2 Å². The standard InChI is InChI=1S/C24H30BrNO5/c1-15(2)12-19(27)18-10-11-20(21(25)22(18)28)30-14-17-8-6-16(7-9-17)13-26-23(29)31-24(3,4)5/h6-11,15,28H,12-14H2,1-5H3,(H,26,29). The van der Waals surface area contributed by atoms with Crippen LogP contribution in [0.2, 0.25) is 0 Å². The van der Waals surface area contributed by atoms with Crippen molar-refractivity contribution in [3.63, 3.8) is 0 Å². The van der Waals surface area contributed by atoms with E-state index in [0.717, 1.165) is 11.1 Å². The number of phenols is 1. The minimum absolute atomic E-state index is 0.102. The Bertz CT molecular complexity index is 917. The van der Waals surface area contributed by atoms with Crippen LogP contribution in [0.3, 0.4) is 0 Å². The molecule has 0 atom stereocenters. The van der Waals surface area contributed by atoms with Crippen LogP contribution in [0.5, 0.6) is 11.5 Å². The largest absolute Gasteiger partial charge is 0.506 e. The molecule has 2 aromatic carbocycles. The number of carbonyl (C=O) groups excluding carboxylic acids is 2. The lowest BCUT2D eigenvalue weighted by Gasteiger charge is -2.19. The molecule has 2 rings (SSSR count). The molecule has 1 amide bonds. The number of nitrogens with one attached hydrogen (secondary N) is 1. The van der Waals surface area contributed by atoms with Gasteiger partial charge < -0.3 is 19.9 Å². The van der Waals surface area contributed by atoms with Gasteiger partial charge in [0.15, 0.2) is 5.78 Å². The van der Waals surface area contributed by atoms with Crippen LogP contribution < -0.4 is 10.1 Å². The molecule has 0 bridgehead atoms. The van der Waals surface area contributed by atoms with E-state index in [4.69, 9.17) is 9.47 Å². The van der Waals surface area contributed by atoms with Gasteiger partial charge in [0, 0.05) is 13.0 Å². The fraction of sp³-hybridized carbons (Fsp3) is 0.417. The Morgan fingerprint density at radius 3 is 2.26 bits per heavy atom. The molecule has 0 fully saturated rings. The predicted molar refractivity (Wildman–Crippen MR) is 123 cm³/mol. The van der Waals surface area contributed by atoms with Gasteiger partial charge in [-0.25, -0.2) is 4.79 Å². The Morgan fingerprint density at radius 1 is 1.06 bits per heavy atom. The van der Waals surface area contributed by atoms with E-state index in [2.05, 4.69) is 21.2 Å². The second kappa shape index (κ2) is 10.7. The van der Waals surface area contributed by atoms with Crippen LogP contribution in [0.4, 0.5) is 4.79 Å².